The quantitative estimate of drug-likeness (QED) is 0.291. The van der Waals surface area contributed by atoms with Crippen LogP contribution in [0.5, 0.6) is 0 Å². The molecule has 3 saturated heterocycles. The summed E-state index contributed by atoms with van der Waals surface area (Å²) in [6.45, 7) is 43.2. The van der Waals surface area contributed by atoms with E-state index in [2.05, 4.69) is 125 Å². The Balaban J connectivity index is 1.18. The molecule has 3 spiro atoms. The Hall–Kier alpha value is -0.120. The molecule has 3 aliphatic carbocycles. The first-order valence-corrected chi connectivity index (χ1v) is 19.5. The maximum atomic E-state index is 3.04. The van der Waals surface area contributed by atoms with Gasteiger partial charge in [-0.25, -0.2) is 0 Å². The number of hydrogen-bond acceptors (Lipinski definition) is 3. The molecule has 0 amide bonds. The van der Waals surface area contributed by atoms with Gasteiger partial charge < -0.3 is 0 Å². The van der Waals surface area contributed by atoms with E-state index >= 15 is 0 Å². The Labute approximate surface area is 281 Å². The fourth-order valence-corrected chi connectivity index (χ4v) is 12.8. The Morgan fingerprint density at radius 1 is 0.533 bits per heavy atom. The van der Waals surface area contributed by atoms with E-state index in [9.17, 15) is 0 Å². The van der Waals surface area contributed by atoms with E-state index in [0.717, 1.165) is 17.9 Å². The Morgan fingerprint density at radius 2 is 1.11 bits per heavy atom. The molecule has 45 heavy (non-hydrogen) atoms. The standard InChI is InChI=1S/C42H77N3/c1-34(2,3)31-17-18-42(45(31)37(10,11)12)26-30(42)24-38(13,14)32-27-41(28-44(32)36(7,8)9)25-29(41)23-39(15,16)33-40(19-20-40)21-22-43(33)35(4,5)6/h29-33H,17-28H2,1-16H3/t29?,30?,31-,32-,33+,41?,42?/m0/s1. The lowest BCUT2D eigenvalue weighted by Crippen LogP contribution is -2.55. The molecule has 6 aliphatic rings. The van der Waals surface area contributed by atoms with Gasteiger partial charge in [0.2, 0.25) is 0 Å². The third-order valence-corrected chi connectivity index (χ3v) is 14.9. The maximum Gasteiger partial charge on any atom is 0.0250 e. The number of likely N-dealkylation sites (tertiary alicyclic amines) is 3. The van der Waals surface area contributed by atoms with Crippen LogP contribution in [-0.2, 0) is 0 Å². The third-order valence-electron chi connectivity index (χ3n) is 14.9. The second-order valence-electron chi connectivity index (χ2n) is 23.5. The zero-order valence-corrected chi connectivity index (χ0v) is 33.2. The summed E-state index contributed by atoms with van der Waals surface area (Å²) < 4.78 is 0. The monoisotopic (exact) mass is 624 g/mol. The van der Waals surface area contributed by atoms with Gasteiger partial charge in [-0.3, -0.25) is 14.7 Å². The van der Waals surface area contributed by atoms with Gasteiger partial charge in [0.05, 0.1) is 0 Å². The zero-order valence-electron chi connectivity index (χ0n) is 33.2. The largest absolute Gasteiger partial charge is 0.294 e. The van der Waals surface area contributed by atoms with Crippen LogP contribution in [0.15, 0.2) is 0 Å². The molecule has 3 saturated carbocycles. The van der Waals surface area contributed by atoms with E-state index in [1.807, 2.05) is 0 Å². The van der Waals surface area contributed by atoms with Gasteiger partial charge in [0, 0.05) is 46.8 Å². The van der Waals surface area contributed by atoms with Crippen LogP contribution < -0.4 is 0 Å². The van der Waals surface area contributed by atoms with E-state index in [-0.39, 0.29) is 16.6 Å². The van der Waals surface area contributed by atoms with Gasteiger partial charge in [0.15, 0.2) is 0 Å². The summed E-state index contributed by atoms with van der Waals surface area (Å²) in [7, 11) is 0. The number of nitrogens with zero attached hydrogens (tertiary/aromatic N) is 3. The molecule has 0 radical (unpaired) electrons. The minimum atomic E-state index is 0.226. The molecule has 6 fully saturated rings. The van der Waals surface area contributed by atoms with Crippen molar-refractivity contribution in [3.63, 3.8) is 0 Å². The summed E-state index contributed by atoms with van der Waals surface area (Å²) in [5, 5.41) is 0. The average Bonchev–Trinajstić information content (AvgIpc) is 3.68. The highest BCUT2D eigenvalue weighted by Gasteiger charge is 2.69. The lowest BCUT2D eigenvalue weighted by atomic mass is 9.70. The molecule has 3 aliphatic heterocycles. The molecular weight excluding hydrogens is 546 g/mol. The maximum absolute atomic E-state index is 3.04. The molecule has 0 aromatic rings. The summed E-state index contributed by atoms with van der Waals surface area (Å²) in [4.78, 5) is 8.99. The van der Waals surface area contributed by atoms with E-state index in [0.29, 0.717) is 44.7 Å². The van der Waals surface area contributed by atoms with Gasteiger partial charge in [-0.05, 0) is 172 Å². The van der Waals surface area contributed by atoms with Crippen molar-refractivity contribution in [3.8, 4) is 0 Å². The topological polar surface area (TPSA) is 9.72 Å². The predicted molar refractivity (Wildman–Crippen MR) is 194 cm³/mol. The molecule has 3 heteroatoms. The van der Waals surface area contributed by atoms with Crippen LogP contribution in [0.25, 0.3) is 0 Å². The number of rotatable bonds is 6. The van der Waals surface area contributed by atoms with Gasteiger partial charge in [-0.2, -0.15) is 0 Å². The summed E-state index contributed by atoms with van der Waals surface area (Å²) >= 11 is 0. The van der Waals surface area contributed by atoms with Crippen LogP contribution >= 0.6 is 0 Å². The van der Waals surface area contributed by atoms with Crippen molar-refractivity contribution >= 4 is 0 Å². The normalized spacial score (nSPS) is 39.6. The predicted octanol–water partition coefficient (Wildman–Crippen LogP) is 10.4. The van der Waals surface area contributed by atoms with Crippen LogP contribution in [0.3, 0.4) is 0 Å². The van der Waals surface area contributed by atoms with Crippen molar-refractivity contribution in [1.29, 1.82) is 0 Å². The molecule has 260 valence electrons. The SMILES string of the molecule is CC(C)(C)[C@@H]1CCC2(CC2CC(C)(C)[C@@H]2CC3(CC3CC(C)(C)[C@H]3N(C(C)(C)C)CCC34CC4)CN2C(C)(C)C)N1C(C)(C)C. The summed E-state index contributed by atoms with van der Waals surface area (Å²) in [6, 6.07) is 2.15. The van der Waals surface area contributed by atoms with Crippen LogP contribution in [0.2, 0.25) is 0 Å². The van der Waals surface area contributed by atoms with Crippen molar-refractivity contribution in [2.24, 2.45) is 38.9 Å². The van der Waals surface area contributed by atoms with Crippen LogP contribution in [0.4, 0.5) is 0 Å². The van der Waals surface area contributed by atoms with Gasteiger partial charge in [0.1, 0.15) is 0 Å². The highest BCUT2D eigenvalue weighted by molar-refractivity contribution is 5.23. The van der Waals surface area contributed by atoms with Crippen LogP contribution in [0, 0.1) is 38.9 Å². The molecule has 0 aromatic heterocycles. The second kappa shape index (κ2) is 9.99. The Morgan fingerprint density at radius 3 is 1.62 bits per heavy atom. The molecule has 3 heterocycles. The van der Waals surface area contributed by atoms with Gasteiger partial charge in [0.25, 0.3) is 0 Å². The lowest BCUT2D eigenvalue weighted by molar-refractivity contribution is 0.000971. The summed E-state index contributed by atoms with van der Waals surface area (Å²) in [6.07, 6.45) is 14.3. The molecule has 7 atom stereocenters. The molecule has 6 rings (SSSR count). The minimum Gasteiger partial charge on any atom is -0.294 e. The van der Waals surface area contributed by atoms with Gasteiger partial charge in [-0.15, -0.1) is 0 Å². The minimum absolute atomic E-state index is 0.226. The Kier molecular flexibility index (Phi) is 7.71. The second-order valence-corrected chi connectivity index (χ2v) is 23.5. The van der Waals surface area contributed by atoms with E-state index in [1.54, 1.807) is 0 Å². The first kappa shape index (κ1) is 34.7. The number of hydrogen-bond donors (Lipinski definition) is 0. The first-order valence-electron chi connectivity index (χ1n) is 19.5. The highest BCUT2D eigenvalue weighted by Crippen LogP contribution is 2.70. The summed E-state index contributed by atoms with van der Waals surface area (Å²) in [5.41, 5.74) is 3.43. The van der Waals surface area contributed by atoms with Crippen molar-refractivity contribution in [2.45, 2.75) is 215 Å². The van der Waals surface area contributed by atoms with E-state index in [1.165, 1.54) is 77.3 Å². The molecule has 0 N–H and O–H groups in total. The van der Waals surface area contributed by atoms with Gasteiger partial charge in [-0.1, -0.05) is 48.5 Å². The molecular formula is C42H77N3. The Bertz CT molecular complexity index is 1130. The molecule has 0 bridgehead atoms. The zero-order chi connectivity index (χ0) is 33.6. The van der Waals surface area contributed by atoms with Crippen molar-refractivity contribution in [3.05, 3.63) is 0 Å². The fourth-order valence-electron chi connectivity index (χ4n) is 12.8. The van der Waals surface area contributed by atoms with Gasteiger partial charge >= 0.3 is 0 Å². The molecule has 3 nitrogen and oxygen atoms in total. The van der Waals surface area contributed by atoms with Crippen molar-refractivity contribution < 1.29 is 0 Å². The van der Waals surface area contributed by atoms with Crippen molar-refractivity contribution in [1.82, 2.24) is 14.7 Å². The van der Waals surface area contributed by atoms with E-state index < -0.39 is 0 Å². The highest BCUT2D eigenvalue weighted by atomic mass is 15.3. The first-order chi connectivity index (χ1) is 20.2. The van der Waals surface area contributed by atoms with Crippen molar-refractivity contribution in [2.75, 3.05) is 13.1 Å². The van der Waals surface area contributed by atoms with Crippen LogP contribution in [0.1, 0.15) is 175 Å². The molecule has 0 aromatic carbocycles. The smallest absolute Gasteiger partial charge is 0.0250 e. The van der Waals surface area contributed by atoms with Crippen LogP contribution in [-0.4, -0.2) is 68.1 Å². The molecule has 4 unspecified atom stereocenters. The van der Waals surface area contributed by atoms with E-state index in [4.69, 9.17) is 0 Å². The lowest BCUT2D eigenvalue weighted by Gasteiger charge is -2.48. The third kappa shape index (κ3) is 5.83. The fraction of sp³-hybridized carbons (Fsp3) is 1.00. The average molecular weight is 624 g/mol. The summed E-state index contributed by atoms with van der Waals surface area (Å²) in [5.74, 6) is 1.76.